The predicted molar refractivity (Wildman–Crippen MR) is 97.3 cm³/mol. The number of aromatic nitrogens is 1. The maximum atomic E-state index is 12.4. The third-order valence-electron chi connectivity index (χ3n) is 3.99. The van der Waals surface area contributed by atoms with Crippen molar-refractivity contribution in [2.24, 2.45) is 5.92 Å². The van der Waals surface area contributed by atoms with Gasteiger partial charge in [0.05, 0.1) is 9.58 Å². The highest BCUT2D eigenvalue weighted by molar-refractivity contribution is 7.29. The summed E-state index contributed by atoms with van der Waals surface area (Å²) in [5, 5.41) is 12.9. The summed E-state index contributed by atoms with van der Waals surface area (Å²) in [6.45, 7) is 5.97. The van der Waals surface area contributed by atoms with Crippen molar-refractivity contribution in [2.75, 3.05) is 18.0 Å². The van der Waals surface area contributed by atoms with Crippen LogP contribution in [0.2, 0.25) is 0 Å². The minimum Gasteiger partial charge on any atom is -0.480 e. The third-order valence-corrected chi connectivity index (χ3v) is 6.21. The second kappa shape index (κ2) is 7.06. The Labute approximate surface area is 148 Å². The van der Waals surface area contributed by atoms with E-state index in [0.717, 1.165) is 27.8 Å². The summed E-state index contributed by atoms with van der Waals surface area (Å²) < 4.78 is 0.989. The molecule has 0 saturated carbocycles. The third kappa shape index (κ3) is 3.70. The zero-order valence-electron chi connectivity index (χ0n) is 13.7. The first kappa shape index (κ1) is 17.2. The summed E-state index contributed by atoms with van der Waals surface area (Å²) in [5.41, 5.74) is 0. The van der Waals surface area contributed by atoms with Crippen LogP contribution in [0.25, 0.3) is 9.53 Å². The molecule has 1 amide bonds. The fourth-order valence-electron chi connectivity index (χ4n) is 2.80. The molecule has 3 rings (SSSR count). The molecule has 1 aliphatic heterocycles. The lowest BCUT2D eigenvalue weighted by Crippen LogP contribution is -2.41. The van der Waals surface area contributed by atoms with Gasteiger partial charge < -0.3 is 15.3 Å². The maximum absolute atomic E-state index is 12.4. The molecular weight excluding hydrogens is 346 g/mol. The van der Waals surface area contributed by atoms with Gasteiger partial charge in [-0.05, 0) is 31.2 Å². The van der Waals surface area contributed by atoms with Crippen LogP contribution in [0.4, 0.5) is 5.13 Å². The molecule has 0 aromatic carbocycles. The van der Waals surface area contributed by atoms with E-state index in [9.17, 15) is 14.7 Å². The molecule has 8 heteroatoms. The molecule has 1 aliphatic rings. The van der Waals surface area contributed by atoms with Gasteiger partial charge in [0.15, 0.2) is 5.13 Å². The SMILES string of the molecule is CC(C)CC(NC(=O)c1cc2sc(N3CCCC3)nc2s1)C(=O)O. The largest absolute Gasteiger partial charge is 0.480 e. The second-order valence-corrected chi connectivity index (χ2v) is 8.50. The summed E-state index contributed by atoms with van der Waals surface area (Å²) in [5.74, 6) is -1.13. The smallest absolute Gasteiger partial charge is 0.326 e. The van der Waals surface area contributed by atoms with Crippen LogP contribution in [0.3, 0.4) is 0 Å². The van der Waals surface area contributed by atoms with Gasteiger partial charge in [-0.2, -0.15) is 0 Å². The first-order valence-corrected chi connectivity index (χ1v) is 9.76. The minimum atomic E-state index is -0.995. The van der Waals surface area contributed by atoms with Crippen LogP contribution in [-0.2, 0) is 4.79 Å². The number of carboxylic acids is 1. The zero-order chi connectivity index (χ0) is 17.3. The Morgan fingerprint density at radius 3 is 2.62 bits per heavy atom. The molecule has 0 aliphatic carbocycles. The van der Waals surface area contributed by atoms with Crippen LogP contribution in [-0.4, -0.2) is 41.1 Å². The number of thiophene rings is 1. The lowest BCUT2D eigenvalue weighted by molar-refractivity contribution is -0.139. The van der Waals surface area contributed by atoms with Crippen molar-refractivity contribution in [3.63, 3.8) is 0 Å². The second-order valence-electron chi connectivity index (χ2n) is 6.46. The summed E-state index contributed by atoms with van der Waals surface area (Å²) >= 11 is 2.92. The first-order valence-electron chi connectivity index (χ1n) is 8.13. The van der Waals surface area contributed by atoms with E-state index in [1.807, 2.05) is 19.9 Å². The van der Waals surface area contributed by atoms with E-state index in [1.54, 1.807) is 11.3 Å². The average Bonchev–Trinajstić information content (AvgIpc) is 3.20. The molecule has 3 heterocycles. The molecule has 2 N–H and O–H groups in total. The number of carbonyl (C=O) groups excluding carboxylic acids is 1. The van der Waals surface area contributed by atoms with Gasteiger partial charge in [-0.25, -0.2) is 9.78 Å². The number of anilines is 1. The van der Waals surface area contributed by atoms with Gasteiger partial charge in [0.2, 0.25) is 0 Å². The molecule has 1 saturated heterocycles. The molecule has 1 unspecified atom stereocenters. The Hall–Kier alpha value is -1.67. The van der Waals surface area contributed by atoms with Crippen molar-refractivity contribution in [2.45, 2.75) is 39.2 Å². The van der Waals surface area contributed by atoms with Crippen molar-refractivity contribution in [1.82, 2.24) is 10.3 Å². The van der Waals surface area contributed by atoms with Crippen LogP contribution in [0.1, 0.15) is 42.8 Å². The molecule has 1 fully saturated rings. The highest BCUT2D eigenvalue weighted by Crippen LogP contribution is 2.35. The van der Waals surface area contributed by atoms with Crippen LogP contribution in [0.5, 0.6) is 0 Å². The van der Waals surface area contributed by atoms with Gasteiger partial charge in [0.25, 0.3) is 5.91 Å². The fraction of sp³-hybridized carbons (Fsp3) is 0.562. The van der Waals surface area contributed by atoms with E-state index in [0.29, 0.717) is 11.3 Å². The molecule has 1 atom stereocenters. The number of rotatable bonds is 6. The topological polar surface area (TPSA) is 82.5 Å². The lowest BCUT2D eigenvalue weighted by Gasteiger charge is -2.15. The summed E-state index contributed by atoms with van der Waals surface area (Å²) in [4.78, 5) is 31.9. The van der Waals surface area contributed by atoms with E-state index in [1.165, 1.54) is 24.2 Å². The van der Waals surface area contributed by atoms with Crippen molar-refractivity contribution in [3.8, 4) is 0 Å². The Bertz CT molecular complexity index is 715. The van der Waals surface area contributed by atoms with Gasteiger partial charge in [-0.3, -0.25) is 4.79 Å². The van der Waals surface area contributed by atoms with Crippen LogP contribution < -0.4 is 10.2 Å². The number of aliphatic carboxylic acids is 1. The number of hydrogen-bond acceptors (Lipinski definition) is 6. The molecule has 0 radical (unpaired) electrons. The fourth-order valence-corrected chi connectivity index (χ4v) is 4.97. The quantitative estimate of drug-likeness (QED) is 0.819. The van der Waals surface area contributed by atoms with Crippen LogP contribution >= 0.6 is 22.7 Å². The van der Waals surface area contributed by atoms with E-state index in [4.69, 9.17) is 0 Å². The van der Waals surface area contributed by atoms with Crippen molar-refractivity contribution in [1.29, 1.82) is 0 Å². The Balaban J connectivity index is 1.72. The molecule has 2 aromatic heterocycles. The van der Waals surface area contributed by atoms with E-state index in [-0.39, 0.29) is 11.8 Å². The molecule has 6 nitrogen and oxygen atoms in total. The van der Waals surface area contributed by atoms with E-state index >= 15 is 0 Å². The highest BCUT2D eigenvalue weighted by Gasteiger charge is 2.24. The maximum Gasteiger partial charge on any atom is 0.326 e. The average molecular weight is 367 g/mol. The van der Waals surface area contributed by atoms with E-state index < -0.39 is 12.0 Å². The highest BCUT2D eigenvalue weighted by atomic mass is 32.1. The standard InChI is InChI=1S/C16H21N3O3S2/c1-9(2)7-10(15(21)22)17-13(20)11-8-12-14(23-11)18-16(24-12)19-5-3-4-6-19/h8-10H,3-7H2,1-2H3,(H,17,20)(H,21,22). The number of hydrogen-bond donors (Lipinski definition) is 2. The van der Waals surface area contributed by atoms with Gasteiger partial charge in [0.1, 0.15) is 10.9 Å². The summed E-state index contributed by atoms with van der Waals surface area (Å²) in [6, 6.07) is 0.965. The van der Waals surface area contributed by atoms with Crippen molar-refractivity contribution < 1.29 is 14.7 Å². The molecular formula is C16H21N3O3S2. The Kier molecular flexibility index (Phi) is 5.05. The lowest BCUT2D eigenvalue weighted by atomic mass is 10.0. The molecule has 24 heavy (non-hydrogen) atoms. The Morgan fingerprint density at radius 1 is 1.33 bits per heavy atom. The summed E-state index contributed by atoms with van der Waals surface area (Å²) in [7, 11) is 0. The monoisotopic (exact) mass is 367 g/mol. The van der Waals surface area contributed by atoms with Gasteiger partial charge >= 0.3 is 5.97 Å². The van der Waals surface area contributed by atoms with Crippen molar-refractivity contribution >= 4 is 49.2 Å². The number of nitrogens with one attached hydrogen (secondary N) is 1. The van der Waals surface area contributed by atoms with E-state index in [2.05, 4.69) is 15.2 Å². The van der Waals surface area contributed by atoms with Gasteiger partial charge in [-0.15, -0.1) is 11.3 Å². The molecule has 2 aromatic rings. The van der Waals surface area contributed by atoms with Crippen LogP contribution in [0, 0.1) is 5.92 Å². The Morgan fingerprint density at radius 2 is 2.04 bits per heavy atom. The molecule has 130 valence electrons. The minimum absolute atomic E-state index is 0.197. The number of carboxylic acid groups (broad SMARTS) is 1. The number of fused-ring (bicyclic) bond motifs is 1. The normalized spacial score (nSPS) is 16.0. The molecule has 0 bridgehead atoms. The number of nitrogens with zero attached hydrogens (tertiary/aromatic N) is 2. The first-order chi connectivity index (χ1) is 11.4. The zero-order valence-corrected chi connectivity index (χ0v) is 15.4. The van der Waals surface area contributed by atoms with Crippen LogP contribution in [0.15, 0.2) is 6.07 Å². The van der Waals surface area contributed by atoms with Gasteiger partial charge in [0, 0.05) is 13.1 Å². The predicted octanol–water partition coefficient (Wildman–Crippen LogP) is 3.19. The summed E-state index contributed by atoms with van der Waals surface area (Å²) in [6.07, 6.45) is 2.82. The number of carbonyl (C=O) groups is 2. The number of amides is 1. The van der Waals surface area contributed by atoms with Crippen molar-refractivity contribution in [3.05, 3.63) is 10.9 Å². The van der Waals surface area contributed by atoms with Gasteiger partial charge in [-0.1, -0.05) is 25.2 Å². The molecule has 0 spiro atoms. The number of thiazole rings is 1.